The molecular weight excluding hydrogens is 368 g/mol. The van der Waals surface area contributed by atoms with Crippen LogP contribution in [0.5, 0.6) is 5.75 Å². The van der Waals surface area contributed by atoms with E-state index in [-0.39, 0.29) is 5.75 Å². The van der Waals surface area contributed by atoms with E-state index in [1.807, 2.05) is 54.6 Å². The van der Waals surface area contributed by atoms with Gasteiger partial charge in [-0.05, 0) is 54.8 Å². The van der Waals surface area contributed by atoms with Gasteiger partial charge in [-0.2, -0.15) is 0 Å². The fraction of sp³-hybridized carbons (Fsp3) is 0.167. The molecule has 29 heavy (non-hydrogen) atoms. The number of hydrogen-bond donors (Lipinski definition) is 0. The third-order valence-electron chi connectivity index (χ3n) is 4.50. The first kappa shape index (κ1) is 20.1. The quantitative estimate of drug-likeness (QED) is 0.420. The molecule has 3 aromatic rings. The smallest absolute Gasteiger partial charge is 0.465 e. The Labute approximate surface area is 169 Å². The van der Waals surface area contributed by atoms with Crippen molar-refractivity contribution >= 4 is 12.1 Å². The predicted molar refractivity (Wildman–Crippen MR) is 110 cm³/mol. The van der Waals surface area contributed by atoms with Crippen LogP contribution in [-0.4, -0.2) is 19.2 Å². The van der Waals surface area contributed by atoms with Gasteiger partial charge in [0.1, 0.15) is 11.4 Å². The lowest BCUT2D eigenvalue weighted by atomic mass is 9.95. The SMILES string of the molecule is COC(=O)c1ccc(OC(=O)OC(C)(C)c2ccc(-c3ccccc3)cc2)cc1. The molecule has 0 radical (unpaired) electrons. The summed E-state index contributed by atoms with van der Waals surface area (Å²) in [5.41, 5.74) is 2.53. The Bertz CT molecular complexity index is 974. The molecule has 5 heteroatoms. The van der Waals surface area contributed by atoms with Gasteiger partial charge in [-0.25, -0.2) is 9.59 Å². The van der Waals surface area contributed by atoms with Gasteiger partial charge in [-0.1, -0.05) is 54.6 Å². The van der Waals surface area contributed by atoms with E-state index in [9.17, 15) is 9.59 Å². The van der Waals surface area contributed by atoms with Crippen LogP contribution in [-0.2, 0) is 15.1 Å². The minimum atomic E-state index is -0.877. The van der Waals surface area contributed by atoms with E-state index in [2.05, 4.69) is 4.74 Å². The molecule has 148 valence electrons. The van der Waals surface area contributed by atoms with Crippen LogP contribution in [0.3, 0.4) is 0 Å². The molecule has 0 spiro atoms. The average molecular weight is 390 g/mol. The van der Waals surface area contributed by atoms with E-state index >= 15 is 0 Å². The number of carbonyl (C=O) groups excluding carboxylic acids is 2. The number of carbonyl (C=O) groups is 2. The number of rotatable bonds is 5. The largest absolute Gasteiger partial charge is 0.514 e. The maximum Gasteiger partial charge on any atom is 0.514 e. The van der Waals surface area contributed by atoms with Crippen molar-refractivity contribution in [1.29, 1.82) is 0 Å². The lowest BCUT2D eigenvalue weighted by Crippen LogP contribution is -2.27. The van der Waals surface area contributed by atoms with Gasteiger partial charge in [0.25, 0.3) is 0 Å². The summed E-state index contributed by atoms with van der Waals surface area (Å²) >= 11 is 0. The van der Waals surface area contributed by atoms with Crippen LogP contribution in [0.25, 0.3) is 11.1 Å². The first-order chi connectivity index (χ1) is 13.9. The normalized spacial score (nSPS) is 10.9. The zero-order valence-corrected chi connectivity index (χ0v) is 16.5. The van der Waals surface area contributed by atoms with E-state index in [0.29, 0.717) is 5.56 Å². The highest BCUT2D eigenvalue weighted by Gasteiger charge is 2.26. The second-order valence-electron chi connectivity index (χ2n) is 6.92. The van der Waals surface area contributed by atoms with E-state index in [0.717, 1.165) is 16.7 Å². The van der Waals surface area contributed by atoms with Gasteiger partial charge in [0.05, 0.1) is 12.7 Å². The van der Waals surface area contributed by atoms with Gasteiger partial charge in [0, 0.05) is 0 Å². The van der Waals surface area contributed by atoms with Crippen molar-refractivity contribution in [2.24, 2.45) is 0 Å². The second-order valence-corrected chi connectivity index (χ2v) is 6.92. The summed E-state index contributed by atoms with van der Waals surface area (Å²) in [7, 11) is 1.30. The van der Waals surface area contributed by atoms with E-state index in [1.165, 1.54) is 31.4 Å². The highest BCUT2D eigenvalue weighted by atomic mass is 16.7. The molecule has 0 heterocycles. The standard InChI is InChI=1S/C24H22O5/c1-24(2,20-13-9-18(10-14-20)17-7-5-4-6-8-17)29-23(26)28-21-15-11-19(12-16-21)22(25)27-3/h4-16H,1-3H3. The summed E-state index contributed by atoms with van der Waals surface area (Å²) in [5.74, 6) is -0.183. The van der Waals surface area contributed by atoms with Crippen molar-refractivity contribution in [1.82, 2.24) is 0 Å². The Morgan fingerprint density at radius 1 is 0.759 bits per heavy atom. The van der Waals surface area contributed by atoms with Crippen LogP contribution in [0.4, 0.5) is 4.79 Å². The molecule has 0 unspecified atom stereocenters. The molecule has 0 aromatic heterocycles. The summed E-state index contributed by atoms with van der Waals surface area (Å²) in [6.45, 7) is 3.60. The van der Waals surface area contributed by atoms with Crippen molar-refractivity contribution in [2.45, 2.75) is 19.4 Å². The summed E-state index contributed by atoms with van der Waals surface area (Å²) in [6.07, 6.45) is -0.826. The predicted octanol–water partition coefficient (Wildman–Crippen LogP) is 5.59. The van der Waals surface area contributed by atoms with Crippen LogP contribution >= 0.6 is 0 Å². The third-order valence-corrected chi connectivity index (χ3v) is 4.50. The van der Waals surface area contributed by atoms with Crippen molar-refractivity contribution in [3.63, 3.8) is 0 Å². The van der Waals surface area contributed by atoms with Crippen molar-refractivity contribution in [2.75, 3.05) is 7.11 Å². The van der Waals surface area contributed by atoms with Crippen LogP contribution in [0.1, 0.15) is 29.8 Å². The lowest BCUT2D eigenvalue weighted by molar-refractivity contribution is 0.00637. The van der Waals surface area contributed by atoms with Crippen molar-refractivity contribution in [3.8, 4) is 16.9 Å². The minimum absolute atomic E-state index is 0.276. The minimum Gasteiger partial charge on any atom is -0.465 e. The molecule has 0 saturated heterocycles. The highest BCUT2D eigenvalue weighted by molar-refractivity contribution is 5.89. The first-order valence-corrected chi connectivity index (χ1v) is 9.14. The van der Waals surface area contributed by atoms with Gasteiger partial charge in [0.2, 0.25) is 0 Å². The fourth-order valence-corrected chi connectivity index (χ4v) is 2.86. The van der Waals surface area contributed by atoms with Gasteiger partial charge in [-0.3, -0.25) is 0 Å². The zero-order chi connectivity index (χ0) is 20.9. The molecule has 3 aromatic carbocycles. The molecule has 5 nitrogen and oxygen atoms in total. The third kappa shape index (κ3) is 5.02. The molecule has 0 aliphatic rings. The van der Waals surface area contributed by atoms with Gasteiger partial charge >= 0.3 is 12.1 Å². The van der Waals surface area contributed by atoms with Crippen molar-refractivity contribution in [3.05, 3.63) is 90.0 Å². The maximum atomic E-state index is 12.2. The molecule has 3 rings (SSSR count). The zero-order valence-electron chi connectivity index (χ0n) is 16.5. The molecule has 0 amide bonds. The van der Waals surface area contributed by atoms with E-state index < -0.39 is 17.7 Å². The number of methoxy groups -OCH3 is 1. The maximum absolute atomic E-state index is 12.2. The van der Waals surface area contributed by atoms with Gasteiger partial charge < -0.3 is 14.2 Å². The summed E-state index contributed by atoms with van der Waals surface area (Å²) in [4.78, 5) is 23.7. The summed E-state index contributed by atoms with van der Waals surface area (Å²) in [5, 5.41) is 0. The van der Waals surface area contributed by atoms with E-state index in [1.54, 1.807) is 13.8 Å². The summed E-state index contributed by atoms with van der Waals surface area (Å²) < 4.78 is 15.4. The van der Waals surface area contributed by atoms with Crippen LogP contribution in [0.15, 0.2) is 78.9 Å². The lowest BCUT2D eigenvalue weighted by Gasteiger charge is -2.25. The molecule has 0 N–H and O–H groups in total. The molecule has 0 aliphatic carbocycles. The molecular formula is C24H22O5. The van der Waals surface area contributed by atoms with Crippen LogP contribution < -0.4 is 4.74 Å². The average Bonchev–Trinajstić information content (AvgIpc) is 2.74. The Morgan fingerprint density at radius 3 is 1.93 bits per heavy atom. The molecule has 0 saturated carbocycles. The summed E-state index contributed by atoms with van der Waals surface area (Å²) in [6, 6.07) is 23.9. The Morgan fingerprint density at radius 2 is 1.34 bits per heavy atom. The Hall–Kier alpha value is -3.60. The first-order valence-electron chi connectivity index (χ1n) is 9.14. The monoisotopic (exact) mass is 390 g/mol. The van der Waals surface area contributed by atoms with Crippen LogP contribution in [0, 0.1) is 0 Å². The van der Waals surface area contributed by atoms with Crippen molar-refractivity contribution < 1.29 is 23.8 Å². The van der Waals surface area contributed by atoms with Gasteiger partial charge in [-0.15, -0.1) is 0 Å². The molecule has 0 aliphatic heterocycles. The second kappa shape index (κ2) is 8.61. The van der Waals surface area contributed by atoms with Gasteiger partial charge in [0.15, 0.2) is 0 Å². The van der Waals surface area contributed by atoms with E-state index in [4.69, 9.17) is 9.47 Å². The Kier molecular flexibility index (Phi) is 5.98. The number of hydrogen-bond acceptors (Lipinski definition) is 5. The molecule has 0 atom stereocenters. The molecule has 0 fully saturated rings. The number of esters is 1. The van der Waals surface area contributed by atoms with Crippen LogP contribution in [0.2, 0.25) is 0 Å². The highest BCUT2D eigenvalue weighted by Crippen LogP contribution is 2.28. The molecule has 0 bridgehead atoms. The Balaban J connectivity index is 1.65. The topological polar surface area (TPSA) is 61.8 Å². The number of ether oxygens (including phenoxy) is 3. The number of benzene rings is 3. The fourth-order valence-electron chi connectivity index (χ4n) is 2.86.